The summed E-state index contributed by atoms with van der Waals surface area (Å²) < 4.78 is 0. The molecule has 0 aliphatic carbocycles. The minimum Gasteiger partial charge on any atom is -0.388 e. The molecule has 21 heavy (non-hydrogen) atoms. The Balaban J connectivity index is 1.99. The van der Waals surface area contributed by atoms with Crippen LogP contribution in [0.25, 0.3) is 0 Å². The molecule has 118 valence electrons. The number of nitrogens with zero attached hydrogens (tertiary/aromatic N) is 1. The van der Waals surface area contributed by atoms with E-state index in [0.29, 0.717) is 5.41 Å². The highest BCUT2D eigenvalue weighted by molar-refractivity contribution is 5.19. The molecule has 2 nitrogen and oxygen atoms in total. The van der Waals surface area contributed by atoms with Crippen molar-refractivity contribution >= 4 is 0 Å². The first-order valence-corrected chi connectivity index (χ1v) is 8.15. The molecule has 1 heterocycles. The molecule has 2 unspecified atom stereocenters. The van der Waals surface area contributed by atoms with Gasteiger partial charge in [0.25, 0.3) is 0 Å². The summed E-state index contributed by atoms with van der Waals surface area (Å²) in [4.78, 5) is 2.53. The van der Waals surface area contributed by atoms with Gasteiger partial charge in [-0.3, -0.25) is 0 Å². The van der Waals surface area contributed by atoms with Crippen LogP contribution in [-0.4, -0.2) is 29.6 Å². The average molecular weight is 289 g/mol. The van der Waals surface area contributed by atoms with E-state index in [1.54, 1.807) is 0 Å². The standard InChI is InChI=1S/C19H31NO/c1-18(2,3)16-11-12-20(13-16)14-19(4,5)17(21)15-9-7-6-8-10-15/h6-10,16-17,21H,11-14H2,1-5H3. The van der Waals surface area contributed by atoms with E-state index in [1.165, 1.54) is 6.42 Å². The summed E-state index contributed by atoms with van der Waals surface area (Å²) in [6.45, 7) is 14.6. The van der Waals surface area contributed by atoms with E-state index in [-0.39, 0.29) is 5.41 Å². The van der Waals surface area contributed by atoms with E-state index in [2.05, 4.69) is 39.5 Å². The highest BCUT2D eigenvalue weighted by atomic mass is 16.3. The topological polar surface area (TPSA) is 23.5 Å². The molecule has 2 heteroatoms. The zero-order chi connectivity index (χ0) is 15.7. The third-order valence-electron chi connectivity index (χ3n) is 4.98. The first-order chi connectivity index (χ1) is 9.70. The summed E-state index contributed by atoms with van der Waals surface area (Å²) >= 11 is 0. The lowest BCUT2D eigenvalue weighted by Crippen LogP contribution is -2.37. The van der Waals surface area contributed by atoms with Crippen molar-refractivity contribution in [3.8, 4) is 0 Å². The maximum Gasteiger partial charge on any atom is 0.0853 e. The Kier molecular flexibility index (Phi) is 4.79. The van der Waals surface area contributed by atoms with Crippen LogP contribution in [0.3, 0.4) is 0 Å². The maximum atomic E-state index is 10.7. The molecule has 1 aliphatic heterocycles. The fourth-order valence-corrected chi connectivity index (χ4v) is 3.43. The predicted octanol–water partition coefficient (Wildman–Crippen LogP) is 4.11. The molecule has 0 radical (unpaired) electrons. The number of rotatable bonds is 4. The normalized spacial score (nSPS) is 22.5. The smallest absolute Gasteiger partial charge is 0.0853 e. The van der Waals surface area contributed by atoms with Gasteiger partial charge in [-0.1, -0.05) is 65.0 Å². The second-order valence-electron chi connectivity index (χ2n) is 8.39. The van der Waals surface area contributed by atoms with E-state index in [1.807, 2.05) is 30.3 Å². The van der Waals surface area contributed by atoms with Gasteiger partial charge >= 0.3 is 0 Å². The lowest BCUT2D eigenvalue weighted by molar-refractivity contribution is 0.0235. The number of aliphatic hydroxyl groups is 1. The van der Waals surface area contributed by atoms with Crippen LogP contribution in [0.15, 0.2) is 30.3 Å². The van der Waals surface area contributed by atoms with Gasteiger partial charge in [0, 0.05) is 18.5 Å². The Hall–Kier alpha value is -0.860. The fourth-order valence-electron chi connectivity index (χ4n) is 3.43. The van der Waals surface area contributed by atoms with Gasteiger partial charge in [-0.25, -0.2) is 0 Å². The molecule has 1 fully saturated rings. The Morgan fingerprint density at radius 1 is 1.14 bits per heavy atom. The summed E-state index contributed by atoms with van der Waals surface area (Å²) in [6, 6.07) is 10.0. The SMILES string of the molecule is CC(C)(C)C1CCN(CC(C)(C)C(O)c2ccccc2)C1. The monoisotopic (exact) mass is 289 g/mol. The zero-order valence-corrected chi connectivity index (χ0v) is 14.3. The van der Waals surface area contributed by atoms with Crippen molar-refractivity contribution in [2.75, 3.05) is 19.6 Å². The maximum absolute atomic E-state index is 10.7. The Morgan fingerprint density at radius 3 is 2.29 bits per heavy atom. The molecular weight excluding hydrogens is 258 g/mol. The van der Waals surface area contributed by atoms with E-state index >= 15 is 0 Å². The fraction of sp³-hybridized carbons (Fsp3) is 0.684. The van der Waals surface area contributed by atoms with Crippen LogP contribution in [-0.2, 0) is 0 Å². The number of likely N-dealkylation sites (tertiary alicyclic amines) is 1. The van der Waals surface area contributed by atoms with Crippen LogP contribution in [0.2, 0.25) is 0 Å². The summed E-state index contributed by atoms with van der Waals surface area (Å²) in [5.74, 6) is 0.766. The Morgan fingerprint density at radius 2 is 1.76 bits per heavy atom. The van der Waals surface area contributed by atoms with Crippen molar-refractivity contribution in [2.24, 2.45) is 16.7 Å². The molecule has 0 amide bonds. The van der Waals surface area contributed by atoms with Crippen LogP contribution >= 0.6 is 0 Å². The third-order valence-corrected chi connectivity index (χ3v) is 4.98. The number of aliphatic hydroxyl groups excluding tert-OH is 1. The van der Waals surface area contributed by atoms with Gasteiger partial charge in [-0.05, 0) is 29.9 Å². The molecule has 0 spiro atoms. The molecule has 0 bridgehead atoms. The first-order valence-electron chi connectivity index (χ1n) is 8.15. The largest absolute Gasteiger partial charge is 0.388 e. The number of hydrogen-bond acceptors (Lipinski definition) is 2. The van der Waals surface area contributed by atoms with Crippen molar-refractivity contribution in [1.29, 1.82) is 0 Å². The zero-order valence-electron chi connectivity index (χ0n) is 14.3. The van der Waals surface area contributed by atoms with Crippen molar-refractivity contribution in [1.82, 2.24) is 4.90 Å². The lowest BCUT2D eigenvalue weighted by atomic mass is 9.80. The second-order valence-corrected chi connectivity index (χ2v) is 8.39. The summed E-state index contributed by atoms with van der Waals surface area (Å²) in [5.41, 5.74) is 1.28. The van der Waals surface area contributed by atoms with Crippen molar-refractivity contribution in [2.45, 2.75) is 47.1 Å². The molecule has 1 aromatic rings. The minimum atomic E-state index is -0.410. The Bertz CT molecular complexity index is 446. The summed E-state index contributed by atoms with van der Waals surface area (Å²) in [6.07, 6.45) is 0.869. The van der Waals surface area contributed by atoms with E-state index in [4.69, 9.17) is 0 Å². The molecule has 2 rings (SSSR count). The van der Waals surface area contributed by atoms with Gasteiger partial charge in [0.1, 0.15) is 0 Å². The molecule has 0 aromatic heterocycles. The summed E-state index contributed by atoms with van der Waals surface area (Å²) in [7, 11) is 0. The van der Waals surface area contributed by atoms with Crippen molar-refractivity contribution < 1.29 is 5.11 Å². The van der Waals surface area contributed by atoms with Crippen LogP contribution in [0.4, 0.5) is 0 Å². The molecule has 1 saturated heterocycles. The second kappa shape index (κ2) is 6.10. The molecule has 2 atom stereocenters. The van der Waals surface area contributed by atoms with Crippen molar-refractivity contribution in [3.05, 3.63) is 35.9 Å². The molecule has 1 N–H and O–H groups in total. The lowest BCUT2D eigenvalue weighted by Gasteiger charge is -2.35. The molecule has 1 aliphatic rings. The van der Waals surface area contributed by atoms with Gasteiger partial charge in [-0.2, -0.15) is 0 Å². The molecular formula is C19H31NO. The van der Waals surface area contributed by atoms with E-state index in [0.717, 1.165) is 31.1 Å². The van der Waals surface area contributed by atoms with Gasteiger partial charge in [0.05, 0.1) is 6.10 Å². The average Bonchev–Trinajstić information content (AvgIpc) is 2.86. The first kappa shape index (κ1) is 16.5. The summed E-state index contributed by atoms with van der Waals surface area (Å²) in [5, 5.41) is 10.7. The van der Waals surface area contributed by atoms with Crippen LogP contribution in [0.1, 0.15) is 52.7 Å². The highest BCUT2D eigenvalue weighted by Crippen LogP contribution is 2.38. The number of benzene rings is 1. The van der Waals surface area contributed by atoms with Gasteiger partial charge in [-0.15, -0.1) is 0 Å². The third kappa shape index (κ3) is 4.08. The van der Waals surface area contributed by atoms with Gasteiger partial charge in [0.2, 0.25) is 0 Å². The van der Waals surface area contributed by atoms with Crippen LogP contribution < -0.4 is 0 Å². The van der Waals surface area contributed by atoms with E-state index < -0.39 is 6.10 Å². The highest BCUT2D eigenvalue weighted by Gasteiger charge is 2.36. The van der Waals surface area contributed by atoms with Gasteiger partial charge < -0.3 is 10.0 Å². The van der Waals surface area contributed by atoms with Crippen molar-refractivity contribution in [3.63, 3.8) is 0 Å². The van der Waals surface area contributed by atoms with E-state index in [9.17, 15) is 5.11 Å². The number of hydrogen-bond donors (Lipinski definition) is 1. The molecule has 0 saturated carbocycles. The minimum absolute atomic E-state index is 0.131. The Labute approximate surface area is 130 Å². The van der Waals surface area contributed by atoms with Gasteiger partial charge in [0.15, 0.2) is 0 Å². The quantitative estimate of drug-likeness (QED) is 0.901. The van der Waals surface area contributed by atoms with Crippen LogP contribution in [0, 0.1) is 16.7 Å². The molecule has 1 aromatic carbocycles. The van der Waals surface area contributed by atoms with Crippen LogP contribution in [0.5, 0.6) is 0 Å². The predicted molar refractivity (Wildman–Crippen MR) is 89.2 cm³/mol.